The Hall–Kier alpha value is -2.37. The Morgan fingerprint density at radius 1 is 0.857 bits per heavy atom. The molecule has 2 aromatic carbocycles. The number of nitrogens with one attached hydrogen (secondary N) is 1. The van der Waals surface area contributed by atoms with Gasteiger partial charge < -0.3 is 5.32 Å². The summed E-state index contributed by atoms with van der Waals surface area (Å²) < 4.78 is 0. The molecule has 2 atom stereocenters. The topological polar surface area (TPSA) is 66.5 Å². The van der Waals surface area contributed by atoms with Gasteiger partial charge in [0.1, 0.15) is 9.75 Å². The van der Waals surface area contributed by atoms with Crippen molar-refractivity contribution in [2.24, 2.45) is 17.8 Å². The molecule has 0 unspecified atom stereocenters. The van der Waals surface area contributed by atoms with E-state index in [0.29, 0.717) is 5.92 Å². The maximum absolute atomic E-state index is 13.8. The van der Waals surface area contributed by atoms with Crippen molar-refractivity contribution >= 4 is 40.9 Å². The predicted molar refractivity (Wildman–Crippen MR) is 134 cm³/mol. The van der Waals surface area contributed by atoms with Crippen molar-refractivity contribution in [3.8, 4) is 0 Å². The Labute approximate surface area is 215 Å². The van der Waals surface area contributed by atoms with Crippen molar-refractivity contribution in [2.45, 2.75) is 54.8 Å². The van der Waals surface area contributed by atoms with E-state index >= 15 is 0 Å². The summed E-state index contributed by atoms with van der Waals surface area (Å²) in [6, 6.07) is 15.3. The van der Waals surface area contributed by atoms with Gasteiger partial charge in [-0.25, -0.2) is 0 Å². The highest BCUT2D eigenvalue weighted by atomic mass is 35.5. The standard InChI is InChI=1S/C28H28Cl2N2O3/c1-16-10-12-17(13-11-16)31-22(33)14-15-32-25(34)23-24(26(32)35)28(30)19-7-3-2-6-18(19)27(23,29)20-8-4-5-9-21(20)28/h2-9,16-17,23-24H,10-15H2,1H3,(H,31,33)/t16?,17?,23-,24+,27?,28?. The SMILES string of the molecule is CC1CCC(NC(=O)CCN2C(=O)[C@@H]3[C@H](C2=O)C2(Cl)c4ccccc4C3(Cl)c3ccccc32)CC1. The van der Waals surface area contributed by atoms with E-state index in [-0.39, 0.29) is 36.7 Å². The smallest absolute Gasteiger partial charge is 0.235 e. The molecule has 1 N–H and O–H groups in total. The van der Waals surface area contributed by atoms with Crippen molar-refractivity contribution in [1.29, 1.82) is 0 Å². The molecule has 0 spiro atoms. The second-order valence-electron chi connectivity index (χ2n) is 10.6. The van der Waals surface area contributed by atoms with E-state index in [0.717, 1.165) is 47.9 Å². The fraction of sp³-hybridized carbons (Fsp3) is 0.464. The molecule has 4 aliphatic carbocycles. The molecule has 5 aliphatic rings. The van der Waals surface area contributed by atoms with Gasteiger partial charge in [0.15, 0.2) is 0 Å². The number of likely N-dealkylation sites (tertiary alicyclic amines) is 1. The number of carbonyl (C=O) groups is 3. The lowest BCUT2D eigenvalue weighted by Crippen LogP contribution is -2.57. The van der Waals surface area contributed by atoms with Crippen LogP contribution in [-0.2, 0) is 24.1 Å². The quantitative estimate of drug-likeness (QED) is 0.480. The zero-order chi connectivity index (χ0) is 24.5. The second-order valence-corrected chi connectivity index (χ2v) is 11.8. The van der Waals surface area contributed by atoms with Crippen LogP contribution in [0.5, 0.6) is 0 Å². The van der Waals surface area contributed by atoms with Crippen molar-refractivity contribution in [3.63, 3.8) is 0 Å². The summed E-state index contributed by atoms with van der Waals surface area (Å²) in [5.74, 6) is -1.76. The Balaban J connectivity index is 1.30. The number of imide groups is 1. The largest absolute Gasteiger partial charge is 0.353 e. The molecule has 1 aliphatic heterocycles. The molecule has 0 radical (unpaired) electrons. The lowest BCUT2D eigenvalue weighted by atomic mass is 9.54. The van der Waals surface area contributed by atoms with Crippen LogP contribution in [0.2, 0.25) is 0 Å². The third-order valence-corrected chi connectivity index (χ3v) is 9.90. The minimum atomic E-state index is -1.18. The first kappa shape index (κ1) is 23.1. The summed E-state index contributed by atoms with van der Waals surface area (Å²) in [6.45, 7) is 2.27. The molecule has 1 saturated carbocycles. The average Bonchev–Trinajstić information content (AvgIpc) is 3.13. The lowest BCUT2D eigenvalue weighted by Gasteiger charge is -2.54. The number of hydrogen-bond acceptors (Lipinski definition) is 3. The Morgan fingerprint density at radius 2 is 1.29 bits per heavy atom. The summed E-state index contributed by atoms with van der Waals surface area (Å²) >= 11 is 14.8. The first-order valence-electron chi connectivity index (χ1n) is 12.5. The number of benzene rings is 2. The highest BCUT2D eigenvalue weighted by Crippen LogP contribution is 2.69. The van der Waals surface area contributed by atoms with Crippen LogP contribution < -0.4 is 5.32 Å². The van der Waals surface area contributed by atoms with E-state index in [1.165, 1.54) is 4.90 Å². The molecule has 7 heteroatoms. The Morgan fingerprint density at radius 3 is 1.71 bits per heavy atom. The third kappa shape index (κ3) is 3.10. The zero-order valence-corrected chi connectivity index (χ0v) is 21.1. The van der Waals surface area contributed by atoms with Crippen LogP contribution in [-0.4, -0.2) is 35.2 Å². The zero-order valence-electron chi connectivity index (χ0n) is 19.6. The molecule has 2 bridgehead atoms. The summed E-state index contributed by atoms with van der Waals surface area (Å²) in [4.78, 5) is 39.1. The average molecular weight is 511 g/mol. The van der Waals surface area contributed by atoms with E-state index in [1.54, 1.807) is 0 Å². The fourth-order valence-corrected chi connectivity index (χ4v) is 7.96. The van der Waals surface area contributed by atoms with Gasteiger partial charge in [0.2, 0.25) is 17.7 Å². The van der Waals surface area contributed by atoms with Gasteiger partial charge in [0.25, 0.3) is 0 Å². The van der Waals surface area contributed by atoms with Crippen LogP contribution in [0.15, 0.2) is 48.5 Å². The Kier molecular flexibility index (Phi) is 5.32. The van der Waals surface area contributed by atoms with E-state index in [9.17, 15) is 14.4 Å². The lowest BCUT2D eigenvalue weighted by molar-refractivity contribution is -0.140. The normalized spacial score (nSPS) is 34.9. The molecular weight excluding hydrogens is 483 g/mol. The maximum Gasteiger partial charge on any atom is 0.235 e. The molecule has 182 valence electrons. The van der Waals surface area contributed by atoms with Gasteiger partial charge in [-0.1, -0.05) is 55.5 Å². The number of halogens is 2. The predicted octanol–water partition coefficient (Wildman–Crippen LogP) is 4.66. The van der Waals surface area contributed by atoms with Gasteiger partial charge in [0, 0.05) is 19.0 Å². The van der Waals surface area contributed by atoms with Crippen molar-refractivity contribution < 1.29 is 14.4 Å². The van der Waals surface area contributed by atoms with Crippen LogP contribution in [0.25, 0.3) is 0 Å². The fourth-order valence-electron chi connectivity index (χ4n) is 6.86. The summed E-state index contributed by atoms with van der Waals surface area (Å²) in [5.41, 5.74) is 3.13. The number of hydrogen-bond donors (Lipinski definition) is 1. The van der Waals surface area contributed by atoms with Crippen molar-refractivity contribution in [3.05, 3.63) is 70.8 Å². The number of amides is 3. The van der Waals surface area contributed by atoms with Gasteiger partial charge in [-0.15, -0.1) is 23.2 Å². The number of rotatable bonds is 4. The minimum absolute atomic E-state index is 0.0340. The van der Waals surface area contributed by atoms with E-state index in [1.807, 2.05) is 48.5 Å². The molecule has 1 saturated heterocycles. The molecule has 7 rings (SSSR count). The minimum Gasteiger partial charge on any atom is -0.353 e. The van der Waals surface area contributed by atoms with Gasteiger partial charge in [-0.05, 0) is 53.9 Å². The third-order valence-electron chi connectivity index (χ3n) is 8.62. The second kappa shape index (κ2) is 8.07. The van der Waals surface area contributed by atoms with Gasteiger partial charge >= 0.3 is 0 Å². The molecular formula is C28H28Cl2N2O3. The van der Waals surface area contributed by atoms with Crippen molar-refractivity contribution in [1.82, 2.24) is 10.2 Å². The molecule has 0 aromatic heterocycles. The highest BCUT2D eigenvalue weighted by molar-refractivity contribution is 6.36. The molecule has 35 heavy (non-hydrogen) atoms. The van der Waals surface area contributed by atoms with Gasteiger partial charge in [-0.3, -0.25) is 19.3 Å². The summed E-state index contributed by atoms with van der Waals surface area (Å²) in [6.07, 6.45) is 4.23. The number of nitrogens with zero attached hydrogens (tertiary/aromatic N) is 1. The Bertz CT molecular complexity index is 1110. The molecule has 2 aromatic rings. The van der Waals surface area contributed by atoms with Crippen molar-refractivity contribution in [2.75, 3.05) is 6.54 Å². The number of carbonyl (C=O) groups excluding carboxylic acids is 3. The highest BCUT2D eigenvalue weighted by Gasteiger charge is 2.72. The first-order chi connectivity index (χ1) is 16.8. The number of alkyl halides is 2. The van der Waals surface area contributed by atoms with Crippen LogP contribution in [0.3, 0.4) is 0 Å². The van der Waals surface area contributed by atoms with Crippen LogP contribution in [0.4, 0.5) is 0 Å². The molecule has 3 amide bonds. The molecule has 2 fully saturated rings. The van der Waals surface area contributed by atoms with E-state index < -0.39 is 21.6 Å². The van der Waals surface area contributed by atoms with Gasteiger partial charge in [0.05, 0.1) is 11.8 Å². The van der Waals surface area contributed by atoms with E-state index in [2.05, 4.69) is 12.2 Å². The van der Waals surface area contributed by atoms with Gasteiger partial charge in [-0.2, -0.15) is 0 Å². The first-order valence-corrected chi connectivity index (χ1v) is 13.3. The van der Waals surface area contributed by atoms with Crippen LogP contribution >= 0.6 is 23.2 Å². The maximum atomic E-state index is 13.8. The molecule has 1 heterocycles. The van der Waals surface area contributed by atoms with E-state index in [4.69, 9.17) is 23.2 Å². The summed E-state index contributed by atoms with van der Waals surface area (Å²) in [7, 11) is 0. The summed E-state index contributed by atoms with van der Waals surface area (Å²) in [5, 5.41) is 3.09. The molecule has 5 nitrogen and oxygen atoms in total. The van der Waals surface area contributed by atoms with Crippen LogP contribution in [0, 0.1) is 17.8 Å². The van der Waals surface area contributed by atoms with Crippen LogP contribution in [0.1, 0.15) is 61.3 Å². The monoisotopic (exact) mass is 510 g/mol.